The van der Waals surface area contributed by atoms with Crippen LogP contribution in [0.3, 0.4) is 0 Å². The van der Waals surface area contributed by atoms with E-state index in [1.165, 1.54) is 11.3 Å². The molecule has 88 valence electrons. The van der Waals surface area contributed by atoms with Crippen LogP contribution in [-0.4, -0.2) is 12.5 Å². The summed E-state index contributed by atoms with van der Waals surface area (Å²) < 4.78 is 0.916. The van der Waals surface area contributed by atoms with Crippen LogP contribution in [0.5, 0.6) is 0 Å². The standard InChI is InChI=1S/C12H11ClN2OS/c1-2-6-15-12(16)11-10(14)9-7(13)4-3-5-8(9)17-11/h2-5H,1,6,14H2,(H,15,16). The molecule has 0 spiro atoms. The fourth-order valence-electron chi connectivity index (χ4n) is 1.54. The molecule has 3 N–H and O–H groups in total. The van der Waals surface area contributed by atoms with Gasteiger partial charge in [-0.05, 0) is 12.1 Å². The van der Waals surface area contributed by atoms with E-state index in [0.717, 1.165) is 10.1 Å². The summed E-state index contributed by atoms with van der Waals surface area (Å²) in [5.41, 5.74) is 6.39. The molecule has 0 saturated carbocycles. The summed E-state index contributed by atoms with van der Waals surface area (Å²) in [4.78, 5) is 12.3. The maximum atomic E-state index is 11.8. The van der Waals surface area contributed by atoms with E-state index in [0.29, 0.717) is 22.1 Å². The molecule has 5 heteroatoms. The Morgan fingerprint density at radius 3 is 3.00 bits per heavy atom. The number of fused-ring (bicyclic) bond motifs is 1. The highest BCUT2D eigenvalue weighted by Gasteiger charge is 2.17. The molecule has 0 fully saturated rings. The third-order valence-corrected chi connectivity index (χ3v) is 3.80. The number of anilines is 1. The summed E-state index contributed by atoms with van der Waals surface area (Å²) >= 11 is 7.40. The lowest BCUT2D eigenvalue weighted by Gasteiger charge is -2.00. The van der Waals surface area contributed by atoms with Gasteiger partial charge in [0, 0.05) is 16.6 Å². The smallest absolute Gasteiger partial charge is 0.263 e. The molecule has 0 unspecified atom stereocenters. The third kappa shape index (κ3) is 2.14. The van der Waals surface area contributed by atoms with Crippen molar-refractivity contribution in [2.45, 2.75) is 0 Å². The number of rotatable bonds is 3. The highest BCUT2D eigenvalue weighted by molar-refractivity contribution is 7.21. The van der Waals surface area contributed by atoms with Crippen molar-refractivity contribution in [3.05, 3.63) is 40.8 Å². The first-order chi connectivity index (χ1) is 8.15. The van der Waals surface area contributed by atoms with Crippen LogP contribution in [0.25, 0.3) is 10.1 Å². The molecule has 1 amide bonds. The van der Waals surface area contributed by atoms with Crippen LogP contribution in [0.15, 0.2) is 30.9 Å². The van der Waals surface area contributed by atoms with Gasteiger partial charge in [0.15, 0.2) is 0 Å². The van der Waals surface area contributed by atoms with Crippen LogP contribution in [0, 0.1) is 0 Å². The number of nitrogens with two attached hydrogens (primary N) is 1. The van der Waals surface area contributed by atoms with E-state index < -0.39 is 0 Å². The molecule has 0 aliphatic rings. The van der Waals surface area contributed by atoms with Crippen molar-refractivity contribution >= 4 is 44.6 Å². The van der Waals surface area contributed by atoms with Crippen molar-refractivity contribution in [3.8, 4) is 0 Å². The Morgan fingerprint density at radius 1 is 1.59 bits per heavy atom. The molecule has 2 rings (SSSR count). The van der Waals surface area contributed by atoms with Crippen molar-refractivity contribution in [1.29, 1.82) is 0 Å². The van der Waals surface area contributed by atoms with Gasteiger partial charge < -0.3 is 11.1 Å². The van der Waals surface area contributed by atoms with E-state index in [4.69, 9.17) is 17.3 Å². The fourth-order valence-corrected chi connectivity index (χ4v) is 2.94. The second-order valence-corrected chi connectivity index (χ2v) is 4.92. The number of amides is 1. The first-order valence-electron chi connectivity index (χ1n) is 5.00. The zero-order valence-electron chi connectivity index (χ0n) is 9.00. The Balaban J connectivity index is 2.49. The van der Waals surface area contributed by atoms with Gasteiger partial charge in [-0.2, -0.15) is 0 Å². The number of benzene rings is 1. The van der Waals surface area contributed by atoms with Crippen LogP contribution >= 0.6 is 22.9 Å². The van der Waals surface area contributed by atoms with Gasteiger partial charge in [-0.1, -0.05) is 23.7 Å². The van der Waals surface area contributed by atoms with E-state index in [2.05, 4.69) is 11.9 Å². The fraction of sp³-hybridized carbons (Fsp3) is 0.0833. The molecule has 1 heterocycles. The topological polar surface area (TPSA) is 55.1 Å². The van der Waals surface area contributed by atoms with Gasteiger partial charge in [0.25, 0.3) is 5.91 Å². The maximum absolute atomic E-state index is 11.8. The number of nitrogens with one attached hydrogen (secondary N) is 1. The van der Waals surface area contributed by atoms with Gasteiger partial charge in [-0.25, -0.2) is 0 Å². The largest absolute Gasteiger partial charge is 0.397 e. The normalized spacial score (nSPS) is 10.4. The van der Waals surface area contributed by atoms with E-state index >= 15 is 0 Å². The number of carbonyl (C=O) groups is 1. The molecule has 17 heavy (non-hydrogen) atoms. The molecular formula is C12H11ClN2OS. The van der Waals surface area contributed by atoms with Crippen molar-refractivity contribution < 1.29 is 4.79 Å². The summed E-state index contributed by atoms with van der Waals surface area (Å²) in [5.74, 6) is -0.195. The van der Waals surface area contributed by atoms with Crippen LogP contribution in [-0.2, 0) is 0 Å². The lowest BCUT2D eigenvalue weighted by Crippen LogP contribution is -2.22. The lowest BCUT2D eigenvalue weighted by molar-refractivity contribution is 0.0963. The predicted octanol–water partition coefficient (Wildman–Crippen LogP) is 3.05. The molecule has 2 aromatic rings. The maximum Gasteiger partial charge on any atom is 0.263 e. The average molecular weight is 267 g/mol. The van der Waals surface area contributed by atoms with Crippen molar-refractivity contribution in [2.24, 2.45) is 0 Å². The highest BCUT2D eigenvalue weighted by Crippen LogP contribution is 2.37. The summed E-state index contributed by atoms with van der Waals surface area (Å²) in [7, 11) is 0. The first-order valence-corrected chi connectivity index (χ1v) is 6.20. The quantitative estimate of drug-likeness (QED) is 0.839. The summed E-state index contributed by atoms with van der Waals surface area (Å²) in [6.07, 6.45) is 1.62. The summed E-state index contributed by atoms with van der Waals surface area (Å²) in [6, 6.07) is 5.50. The summed E-state index contributed by atoms with van der Waals surface area (Å²) in [6.45, 7) is 3.96. The lowest BCUT2D eigenvalue weighted by atomic mass is 10.2. The number of hydrogen-bond donors (Lipinski definition) is 2. The molecule has 0 aliphatic carbocycles. The minimum Gasteiger partial charge on any atom is -0.397 e. The van der Waals surface area contributed by atoms with E-state index in [1.54, 1.807) is 12.1 Å². The molecule has 3 nitrogen and oxygen atoms in total. The molecule has 0 bridgehead atoms. The van der Waals surface area contributed by atoms with Gasteiger partial charge in [0.05, 0.1) is 10.7 Å². The number of nitrogen functional groups attached to an aromatic ring is 1. The Hall–Kier alpha value is -1.52. The summed E-state index contributed by atoms with van der Waals surface area (Å²) in [5, 5.41) is 4.02. The van der Waals surface area contributed by atoms with Crippen LogP contribution in [0.2, 0.25) is 5.02 Å². The van der Waals surface area contributed by atoms with E-state index in [-0.39, 0.29) is 5.91 Å². The minimum absolute atomic E-state index is 0.195. The Kier molecular flexibility index (Phi) is 3.36. The Morgan fingerprint density at radius 2 is 2.35 bits per heavy atom. The van der Waals surface area contributed by atoms with Gasteiger partial charge in [-0.15, -0.1) is 17.9 Å². The Bertz CT molecular complexity index is 591. The predicted molar refractivity (Wildman–Crippen MR) is 73.8 cm³/mol. The number of hydrogen-bond acceptors (Lipinski definition) is 3. The van der Waals surface area contributed by atoms with Crippen molar-refractivity contribution in [3.63, 3.8) is 0 Å². The van der Waals surface area contributed by atoms with Gasteiger partial charge in [0.1, 0.15) is 4.88 Å². The van der Waals surface area contributed by atoms with Gasteiger partial charge >= 0.3 is 0 Å². The van der Waals surface area contributed by atoms with Crippen molar-refractivity contribution in [2.75, 3.05) is 12.3 Å². The van der Waals surface area contributed by atoms with Crippen LogP contribution in [0.4, 0.5) is 5.69 Å². The first kappa shape index (κ1) is 12.0. The molecular weight excluding hydrogens is 256 g/mol. The van der Waals surface area contributed by atoms with Crippen molar-refractivity contribution in [1.82, 2.24) is 5.32 Å². The van der Waals surface area contributed by atoms with E-state index in [9.17, 15) is 4.79 Å². The number of thiophene rings is 1. The zero-order chi connectivity index (χ0) is 12.4. The molecule has 0 saturated heterocycles. The highest BCUT2D eigenvalue weighted by atomic mass is 35.5. The second kappa shape index (κ2) is 4.77. The number of halogens is 1. The van der Waals surface area contributed by atoms with E-state index in [1.807, 2.05) is 12.1 Å². The molecule has 0 aliphatic heterocycles. The van der Waals surface area contributed by atoms with Crippen LogP contribution < -0.4 is 11.1 Å². The third-order valence-electron chi connectivity index (χ3n) is 2.31. The van der Waals surface area contributed by atoms with Crippen LogP contribution in [0.1, 0.15) is 9.67 Å². The monoisotopic (exact) mass is 266 g/mol. The second-order valence-electron chi connectivity index (χ2n) is 3.46. The van der Waals surface area contributed by atoms with Gasteiger partial charge in [-0.3, -0.25) is 4.79 Å². The zero-order valence-corrected chi connectivity index (χ0v) is 10.6. The molecule has 1 aromatic heterocycles. The SMILES string of the molecule is C=CCNC(=O)c1sc2cccc(Cl)c2c1N. The number of carbonyl (C=O) groups excluding carboxylic acids is 1. The van der Waals surface area contributed by atoms with Gasteiger partial charge in [0.2, 0.25) is 0 Å². The Labute approximate surface area is 108 Å². The molecule has 0 radical (unpaired) electrons. The minimum atomic E-state index is -0.195. The average Bonchev–Trinajstić information content (AvgIpc) is 2.65. The molecule has 1 aromatic carbocycles. The molecule has 0 atom stereocenters.